The average Bonchev–Trinajstić information content (AvgIpc) is 2.63. The van der Waals surface area contributed by atoms with Crippen LogP contribution in [0.4, 0.5) is 11.4 Å². The molecule has 3 aromatic rings. The van der Waals surface area contributed by atoms with Crippen molar-refractivity contribution in [3.8, 4) is 11.3 Å². The van der Waals surface area contributed by atoms with Gasteiger partial charge in [-0.1, -0.05) is 23.8 Å². The smallest absolute Gasteiger partial charge is 0.340 e. The molecule has 0 amide bonds. The molecule has 0 saturated heterocycles. The monoisotopic (exact) mass is 350 g/mol. The van der Waals surface area contributed by atoms with E-state index in [2.05, 4.69) is 15.4 Å². The Bertz CT molecular complexity index is 1010. The van der Waals surface area contributed by atoms with E-state index in [1.54, 1.807) is 31.3 Å². The van der Waals surface area contributed by atoms with Crippen molar-refractivity contribution in [3.05, 3.63) is 70.3 Å². The standard InChI is InChI=1S/C19H18N4O3/c1-3-23-18(24)17(21-14-8-5-9-20-11-14)15(19(25)26)16(22-23)13-7-4-6-12(2)10-13/h4-11,21H,3H2,1-2H3,(H,25,26). The summed E-state index contributed by atoms with van der Waals surface area (Å²) in [5, 5.41) is 17.0. The number of aromatic nitrogens is 3. The van der Waals surface area contributed by atoms with Gasteiger partial charge in [-0.25, -0.2) is 9.48 Å². The third kappa shape index (κ3) is 3.32. The van der Waals surface area contributed by atoms with Crippen LogP contribution >= 0.6 is 0 Å². The number of carboxylic acid groups (broad SMARTS) is 1. The van der Waals surface area contributed by atoms with E-state index < -0.39 is 11.5 Å². The van der Waals surface area contributed by atoms with Crippen molar-refractivity contribution in [1.29, 1.82) is 0 Å². The van der Waals surface area contributed by atoms with Crippen LogP contribution in [0.1, 0.15) is 22.8 Å². The summed E-state index contributed by atoms with van der Waals surface area (Å²) >= 11 is 0. The number of benzene rings is 1. The van der Waals surface area contributed by atoms with Gasteiger partial charge in [0.25, 0.3) is 5.56 Å². The van der Waals surface area contributed by atoms with Gasteiger partial charge in [0, 0.05) is 18.3 Å². The summed E-state index contributed by atoms with van der Waals surface area (Å²) in [6.07, 6.45) is 3.12. The summed E-state index contributed by atoms with van der Waals surface area (Å²) in [4.78, 5) is 28.7. The molecule has 0 atom stereocenters. The molecule has 0 bridgehead atoms. The van der Waals surface area contributed by atoms with Gasteiger partial charge in [-0.3, -0.25) is 9.78 Å². The predicted molar refractivity (Wildman–Crippen MR) is 98.8 cm³/mol. The van der Waals surface area contributed by atoms with Crippen molar-refractivity contribution in [1.82, 2.24) is 14.8 Å². The number of pyridine rings is 1. The maximum atomic E-state index is 12.7. The Morgan fingerprint density at radius 1 is 1.27 bits per heavy atom. The van der Waals surface area contributed by atoms with E-state index in [0.717, 1.165) is 5.56 Å². The molecule has 0 unspecified atom stereocenters. The van der Waals surface area contributed by atoms with Gasteiger partial charge >= 0.3 is 5.97 Å². The molecule has 7 heteroatoms. The molecule has 0 aliphatic carbocycles. The zero-order chi connectivity index (χ0) is 18.7. The fourth-order valence-corrected chi connectivity index (χ4v) is 2.68. The Kier molecular flexibility index (Phi) is 4.79. The van der Waals surface area contributed by atoms with E-state index in [9.17, 15) is 14.7 Å². The lowest BCUT2D eigenvalue weighted by atomic mass is 10.0. The molecule has 0 aliphatic heterocycles. The number of aryl methyl sites for hydroxylation is 2. The number of nitrogens with one attached hydrogen (secondary N) is 1. The Morgan fingerprint density at radius 3 is 2.69 bits per heavy atom. The minimum atomic E-state index is -1.22. The molecule has 0 saturated carbocycles. The van der Waals surface area contributed by atoms with E-state index in [1.807, 2.05) is 25.1 Å². The molecule has 132 valence electrons. The second kappa shape index (κ2) is 7.18. The second-order valence-electron chi connectivity index (χ2n) is 5.76. The van der Waals surface area contributed by atoms with Crippen molar-refractivity contribution in [3.63, 3.8) is 0 Å². The van der Waals surface area contributed by atoms with Crippen molar-refractivity contribution in [2.45, 2.75) is 20.4 Å². The minimum absolute atomic E-state index is 0.0288. The molecule has 2 heterocycles. The van der Waals surface area contributed by atoms with Gasteiger partial charge in [-0.2, -0.15) is 5.10 Å². The third-order valence-electron chi connectivity index (χ3n) is 3.89. The quantitative estimate of drug-likeness (QED) is 0.734. The second-order valence-corrected chi connectivity index (χ2v) is 5.76. The van der Waals surface area contributed by atoms with Gasteiger partial charge < -0.3 is 10.4 Å². The topological polar surface area (TPSA) is 97.1 Å². The highest BCUT2D eigenvalue weighted by atomic mass is 16.4. The molecule has 0 radical (unpaired) electrons. The largest absolute Gasteiger partial charge is 0.478 e. The molecule has 1 aromatic carbocycles. The van der Waals surface area contributed by atoms with E-state index >= 15 is 0 Å². The fourth-order valence-electron chi connectivity index (χ4n) is 2.68. The number of hydrogen-bond donors (Lipinski definition) is 2. The highest BCUT2D eigenvalue weighted by molar-refractivity contribution is 6.01. The SMILES string of the molecule is CCn1nc(-c2cccc(C)c2)c(C(=O)O)c(Nc2cccnc2)c1=O. The van der Waals surface area contributed by atoms with Crippen LogP contribution in [0.5, 0.6) is 0 Å². The molecular weight excluding hydrogens is 332 g/mol. The lowest BCUT2D eigenvalue weighted by molar-refractivity contribution is 0.0698. The van der Waals surface area contributed by atoms with Crippen molar-refractivity contribution in [2.75, 3.05) is 5.32 Å². The van der Waals surface area contributed by atoms with Crippen LogP contribution in [0, 0.1) is 6.92 Å². The molecule has 3 rings (SSSR count). The number of carboxylic acids is 1. The molecule has 26 heavy (non-hydrogen) atoms. The van der Waals surface area contributed by atoms with Crippen molar-refractivity contribution in [2.24, 2.45) is 0 Å². The number of aromatic carboxylic acids is 1. The molecule has 0 fully saturated rings. The number of rotatable bonds is 5. The highest BCUT2D eigenvalue weighted by Gasteiger charge is 2.24. The van der Waals surface area contributed by atoms with Gasteiger partial charge in [0.1, 0.15) is 16.9 Å². The summed E-state index contributed by atoms with van der Waals surface area (Å²) in [5.41, 5.74) is 1.69. The Hall–Kier alpha value is -3.48. The highest BCUT2D eigenvalue weighted by Crippen LogP contribution is 2.27. The van der Waals surface area contributed by atoms with Gasteiger partial charge in [0.05, 0.1) is 11.9 Å². The summed E-state index contributed by atoms with van der Waals surface area (Å²) in [5.74, 6) is -1.22. The molecule has 7 nitrogen and oxygen atoms in total. The van der Waals surface area contributed by atoms with Gasteiger partial charge in [-0.05, 0) is 32.0 Å². The van der Waals surface area contributed by atoms with E-state index in [1.165, 1.54) is 10.9 Å². The fraction of sp³-hybridized carbons (Fsp3) is 0.158. The predicted octanol–water partition coefficient (Wildman–Crippen LogP) is 3.08. The number of anilines is 2. The van der Waals surface area contributed by atoms with E-state index in [0.29, 0.717) is 17.8 Å². The van der Waals surface area contributed by atoms with Crippen LogP contribution in [0.3, 0.4) is 0 Å². The van der Waals surface area contributed by atoms with Crippen molar-refractivity contribution < 1.29 is 9.90 Å². The number of carbonyl (C=O) groups is 1. The van der Waals surface area contributed by atoms with Gasteiger partial charge in [0.15, 0.2) is 0 Å². The average molecular weight is 350 g/mol. The number of nitrogens with zero attached hydrogens (tertiary/aromatic N) is 3. The summed E-state index contributed by atoms with van der Waals surface area (Å²) in [7, 11) is 0. The Morgan fingerprint density at radius 2 is 2.08 bits per heavy atom. The zero-order valence-corrected chi connectivity index (χ0v) is 14.4. The lowest BCUT2D eigenvalue weighted by Gasteiger charge is -2.15. The third-order valence-corrected chi connectivity index (χ3v) is 3.89. The Balaban J connectivity index is 2.29. The van der Waals surface area contributed by atoms with E-state index in [-0.39, 0.29) is 16.9 Å². The van der Waals surface area contributed by atoms with Crippen LogP contribution in [0.25, 0.3) is 11.3 Å². The minimum Gasteiger partial charge on any atom is -0.478 e. The molecule has 2 N–H and O–H groups in total. The number of hydrogen-bond acceptors (Lipinski definition) is 5. The summed E-state index contributed by atoms with van der Waals surface area (Å²) in [6, 6.07) is 10.8. The van der Waals surface area contributed by atoms with Crippen LogP contribution in [-0.2, 0) is 6.54 Å². The maximum absolute atomic E-state index is 12.7. The first kappa shape index (κ1) is 17.3. The van der Waals surface area contributed by atoms with Crippen LogP contribution in [0.15, 0.2) is 53.6 Å². The van der Waals surface area contributed by atoms with Crippen LogP contribution in [0.2, 0.25) is 0 Å². The zero-order valence-electron chi connectivity index (χ0n) is 14.4. The van der Waals surface area contributed by atoms with Gasteiger partial charge in [0.2, 0.25) is 0 Å². The molecule has 0 spiro atoms. The normalized spacial score (nSPS) is 10.5. The first-order valence-corrected chi connectivity index (χ1v) is 8.13. The Labute approximate surface area is 150 Å². The summed E-state index contributed by atoms with van der Waals surface area (Å²) < 4.78 is 1.25. The molecule has 2 aromatic heterocycles. The van der Waals surface area contributed by atoms with Crippen molar-refractivity contribution >= 4 is 17.3 Å². The first-order chi connectivity index (χ1) is 12.5. The van der Waals surface area contributed by atoms with Crippen LogP contribution in [-0.4, -0.2) is 25.8 Å². The molecular formula is C19H18N4O3. The molecule has 0 aliphatic rings. The first-order valence-electron chi connectivity index (χ1n) is 8.13. The van der Waals surface area contributed by atoms with Gasteiger partial charge in [-0.15, -0.1) is 0 Å². The van der Waals surface area contributed by atoms with E-state index in [4.69, 9.17) is 0 Å². The van der Waals surface area contributed by atoms with Crippen LogP contribution < -0.4 is 10.9 Å². The lowest BCUT2D eigenvalue weighted by Crippen LogP contribution is -2.28. The summed E-state index contributed by atoms with van der Waals surface area (Å²) in [6.45, 7) is 4.01. The maximum Gasteiger partial charge on any atom is 0.340 e.